The molecule has 2 aromatic rings. The van der Waals surface area contributed by atoms with Gasteiger partial charge in [-0.15, -0.1) is 0 Å². The fraction of sp³-hybridized carbons (Fsp3) is 0.278. The number of carbonyl (C=O) groups excluding carboxylic acids is 1. The molecule has 0 unspecified atom stereocenters. The summed E-state index contributed by atoms with van der Waals surface area (Å²) in [5, 5.41) is 11.1. The van der Waals surface area contributed by atoms with Crippen molar-refractivity contribution in [2.24, 2.45) is 0 Å². The van der Waals surface area contributed by atoms with E-state index in [0.29, 0.717) is 18.7 Å². The number of benzene rings is 2. The normalized spacial score (nSPS) is 14.5. The molecule has 124 valence electrons. The van der Waals surface area contributed by atoms with E-state index in [4.69, 9.17) is 0 Å². The molecular weight excluding hydrogens is 306 g/mol. The maximum Gasteiger partial charge on any atom is 0.273 e. The lowest BCUT2D eigenvalue weighted by atomic mass is 10.1. The summed E-state index contributed by atoms with van der Waals surface area (Å²) in [5.41, 5.74) is 1.63. The molecule has 1 amide bonds. The highest BCUT2D eigenvalue weighted by Crippen LogP contribution is 2.20. The Balaban J connectivity index is 1.61. The second-order valence-corrected chi connectivity index (χ2v) is 5.77. The van der Waals surface area contributed by atoms with E-state index in [1.54, 1.807) is 23.1 Å². The van der Waals surface area contributed by atoms with Crippen LogP contribution >= 0.6 is 0 Å². The van der Waals surface area contributed by atoms with Gasteiger partial charge in [-0.2, -0.15) is 0 Å². The highest BCUT2D eigenvalue weighted by atomic mass is 16.6. The molecule has 2 aromatic carbocycles. The van der Waals surface area contributed by atoms with Crippen molar-refractivity contribution in [2.75, 3.05) is 31.1 Å². The highest BCUT2D eigenvalue weighted by molar-refractivity contribution is 5.80. The third kappa shape index (κ3) is 3.53. The van der Waals surface area contributed by atoms with Crippen molar-refractivity contribution < 1.29 is 9.72 Å². The van der Waals surface area contributed by atoms with E-state index in [1.807, 2.05) is 18.2 Å². The second kappa shape index (κ2) is 7.12. The molecule has 1 aliphatic heterocycles. The molecule has 1 saturated heterocycles. The molecule has 0 saturated carbocycles. The van der Waals surface area contributed by atoms with Crippen molar-refractivity contribution in [1.29, 1.82) is 0 Å². The molecule has 24 heavy (non-hydrogen) atoms. The Morgan fingerprint density at radius 3 is 2.25 bits per heavy atom. The second-order valence-electron chi connectivity index (χ2n) is 5.77. The molecular formula is C18H19N3O3. The number of hydrogen-bond donors (Lipinski definition) is 0. The average molecular weight is 325 g/mol. The van der Waals surface area contributed by atoms with Gasteiger partial charge in [-0.3, -0.25) is 14.9 Å². The third-order valence-corrected chi connectivity index (χ3v) is 4.28. The van der Waals surface area contributed by atoms with Crippen LogP contribution in [0.5, 0.6) is 0 Å². The maximum absolute atomic E-state index is 12.5. The Bertz CT molecular complexity index is 725. The molecule has 1 fully saturated rings. The number of nitro groups is 1. The first kappa shape index (κ1) is 16.0. The summed E-state index contributed by atoms with van der Waals surface area (Å²) in [6.07, 6.45) is 0.0719. The summed E-state index contributed by atoms with van der Waals surface area (Å²) >= 11 is 0. The number of nitro benzene ring substituents is 1. The summed E-state index contributed by atoms with van der Waals surface area (Å²) in [5.74, 6) is -0.0583. The quantitative estimate of drug-likeness (QED) is 0.640. The van der Waals surface area contributed by atoms with E-state index in [9.17, 15) is 14.9 Å². The number of amides is 1. The van der Waals surface area contributed by atoms with Crippen molar-refractivity contribution in [3.8, 4) is 0 Å². The van der Waals surface area contributed by atoms with Crippen molar-refractivity contribution in [2.45, 2.75) is 6.42 Å². The molecule has 0 aliphatic carbocycles. The van der Waals surface area contributed by atoms with Crippen LogP contribution in [0.2, 0.25) is 0 Å². The van der Waals surface area contributed by atoms with E-state index in [-0.39, 0.29) is 18.0 Å². The van der Waals surface area contributed by atoms with Crippen LogP contribution in [0.1, 0.15) is 5.56 Å². The van der Waals surface area contributed by atoms with Crippen LogP contribution < -0.4 is 4.90 Å². The molecule has 0 aromatic heterocycles. The van der Waals surface area contributed by atoms with Gasteiger partial charge in [0.15, 0.2) is 0 Å². The topological polar surface area (TPSA) is 66.7 Å². The first-order chi connectivity index (χ1) is 11.6. The monoisotopic (exact) mass is 325 g/mol. The molecule has 6 heteroatoms. The Labute approximate surface area is 140 Å². The van der Waals surface area contributed by atoms with Crippen molar-refractivity contribution in [3.63, 3.8) is 0 Å². The molecule has 6 nitrogen and oxygen atoms in total. The van der Waals surface area contributed by atoms with E-state index in [2.05, 4.69) is 17.0 Å². The number of anilines is 1. The summed E-state index contributed by atoms with van der Waals surface area (Å²) in [7, 11) is 0. The van der Waals surface area contributed by atoms with Gasteiger partial charge in [-0.05, 0) is 12.1 Å². The van der Waals surface area contributed by atoms with E-state index < -0.39 is 4.92 Å². The molecule has 0 atom stereocenters. The minimum Gasteiger partial charge on any atom is -0.368 e. The van der Waals surface area contributed by atoms with E-state index in [1.165, 1.54) is 6.07 Å². The molecule has 0 spiro atoms. The molecule has 0 radical (unpaired) electrons. The van der Waals surface area contributed by atoms with Gasteiger partial charge < -0.3 is 9.80 Å². The van der Waals surface area contributed by atoms with Crippen molar-refractivity contribution >= 4 is 17.3 Å². The Morgan fingerprint density at radius 2 is 1.58 bits per heavy atom. The fourth-order valence-corrected chi connectivity index (χ4v) is 2.97. The van der Waals surface area contributed by atoms with Gasteiger partial charge in [-0.1, -0.05) is 36.4 Å². The zero-order valence-corrected chi connectivity index (χ0v) is 13.3. The lowest BCUT2D eigenvalue weighted by Crippen LogP contribution is -2.49. The Kier molecular flexibility index (Phi) is 4.74. The van der Waals surface area contributed by atoms with Crippen LogP contribution in [0.25, 0.3) is 0 Å². The zero-order valence-electron chi connectivity index (χ0n) is 13.3. The predicted molar refractivity (Wildman–Crippen MR) is 92.0 cm³/mol. The number of piperazine rings is 1. The number of carbonyl (C=O) groups is 1. The average Bonchev–Trinajstić information content (AvgIpc) is 2.63. The van der Waals surface area contributed by atoms with Gasteiger partial charge in [0.2, 0.25) is 5.91 Å². The number of para-hydroxylation sites is 2. The van der Waals surface area contributed by atoms with Crippen LogP contribution in [0.3, 0.4) is 0 Å². The summed E-state index contributed by atoms with van der Waals surface area (Å²) in [6, 6.07) is 16.5. The van der Waals surface area contributed by atoms with Gasteiger partial charge in [0.05, 0.1) is 11.3 Å². The molecule has 1 aliphatic rings. The molecule has 1 heterocycles. The van der Waals surface area contributed by atoms with Gasteiger partial charge in [0.25, 0.3) is 5.69 Å². The third-order valence-electron chi connectivity index (χ3n) is 4.28. The number of nitrogens with zero attached hydrogens (tertiary/aromatic N) is 3. The first-order valence-electron chi connectivity index (χ1n) is 7.95. The lowest BCUT2D eigenvalue weighted by molar-refractivity contribution is -0.385. The summed E-state index contributed by atoms with van der Waals surface area (Å²) in [4.78, 5) is 27.1. The highest BCUT2D eigenvalue weighted by Gasteiger charge is 2.23. The zero-order chi connectivity index (χ0) is 16.9. The van der Waals surface area contributed by atoms with Crippen LogP contribution in [0, 0.1) is 10.1 Å². The van der Waals surface area contributed by atoms with Crippen LogP contribution in [-0.2, 0) is 11.2 Å². The minimum absolute atomic E-state index is 0.00812. The summed E-state index contributed by atoms with van der Waals surface area (Å²) < 4.78 is 0. The maximum atomic E-state index is 12.5. The van der Waals surface area contributed by atoms with Gasteiger partial charge >= 0.3 is 0 Å². The summed E-state index contributed by atoms with van der Waals surface area (Å²) in [6.45, 7) is 2.81. The standard InChI is InChI=1S/C18H19N3O3/c22-18(14-15-6-4-5-9-17(15)21(23)24)20-12-10-19(11-13-20)16-7-2-1-3-8-16/h1-9H,10-14H2. The van der Waals surface area contributed by atoms with E-state index >= 15 is 0 Å². The SMILES string of the molecule is O=C(Cc1ccccc1[N+](=O)[O-])N1CCN(c2ccccc2)CC1. The van der Waals surface area contributed by atoms with Crippen molar-refractivity contribution in [1.82, 2.24) is 4.90 Å². The Morgan fingerprint density at radius 1 is 0.958 bits per heavy atom. The van der Waals surface area contributed by atoms with E-state index in [0.717, 1.165) is 18.8 Å². The predicted octanol–water partition coefficient (Wildman–Crippen LogP) is 2.49. The molecule has 0 bridgehead atoms. The van der Waals surface area contributed by atoms with Crippen LogP contribution in [0.15, 0.2) is 54.6 Å². The van der Waals surface area contributed by atoms with Gasteiger partial charge in [0, 0.05) is 43.5 Å². The lowest BCUT2D eigenvalue weighted by Gasteiger charge is -2.36. The van der Waals surface area contributed by atoms with Crippen LogP contribution in [0.4, 0.5) is 11.4 Å². The first-order valence-corrected chi connectivity index (χ1v) is 7.95. The molecule has 0 N–H and O–H groups in total. The van der Waals surface area contributed by atoms with Gasteiger partial charge in [-0.25, -0.2) is 0 Å². The number of hydrogen-bond acceptors (Lipinski definition) is 4. The largest absolute Gasteiger partial charge is 0.368 e. The van der Waals surface area contributed by atoms with Crippen LogP contribution in [-0.4, -0.2) is 41.9 Å². The smallest absolute Gasteiger partial charge is 0.273 e. The number of rotatable bonds is 4. The minimum atomic E-state index is -0.435. The fourth-order valence-electron chi connectivity index (χ4n) is 2.97. The Hall–Kier alpha value is -2.89. The van der Waals surface area contributed by atoms with Crippen molar-refractivity contribution in [3.05, 3.63) is 70.3 Å². The molecule has 3 rings (SSSR count). The van der Waals surface area contributed by atoms with Gasteiger partial charge in [0.1, 0.15) is 0 Å².